The summed E-state index contributed by atoms with van der Waals surface area (Å²) < 4.78 is 32.1. The Labute approximate surface area is 132 Å². The molecular formula is C15H15N3O4S. The van der Waals surface area contributed by atoms with E-state index in [1.807, 2.05) is 0 Å². The van der Waals surface area contributed by atoms with Crippen molar-refractivity contribution in [2.75, 3.05) is 7.11 Å². The van der Waals surface area contributed by atoms with Gasteiger partial charge in [0, 0.05) is 6.54 Å². The Morgan fingerprint density at radius 1 is 1.04 bits per heavy atom. The first kappa shape index (κ1) is 15.3. The van der Waals surface area contributed by atoms with Crippen molar-refractivity contribution in [3.05, 3.63) is 58.5 Å². The van der Waals surface area contributed by atoms with Crippen LogP contribution in [0, 0.1) is 0 Å². The molecule has 0 amide bonds. The third-order valence-electron chi connectivity index (χ3n) is 3.42. The molecule has 1 heterocycles. The molecule has 3 aromatic rings. The lowest BCUT2D eigenvalue weighted by molar-refractivity contribution is 0.414. The van der Waals surface area contributed by atoms with Gasteiger partial charge in [-0.1, -0.05) is 6.07 Å². The fourth-order valence-electron chi connectivity index (χ4n) is 2.21. The number of imidazole rings is 1. The van der Waals surface area contributed by atoms with Gasteiger partial charge in [-0.05, 0) is 42.0 Å². The molecule has 0 aliphatic carbocycles. The summed E-state index contributed by atoms with van der Waals surface area (Å²) in [6.07, 6.45) is 0. The molecule has 0 aliphatic rings. The lowest BCUT2D eigenvalue weighted by atomic mass is 10.2. The van der Waals surface area contributed by atoms with Crippen LogP contribution in [0.3, 0.4) is 0 Å². The zero-order chi connectivity index (χ0) is 16.4. The molecule has 0 atom stereocenters. The van der Waals surface area contributed by atoms with Gasteiger partial charge in [0.2, 0.25) is 10.0 Å². The number of aromatic nitrogens is 2. The number of ether oxygens (including phenoxy) is 1. The predicted molar refractivity (Wildman–Crippen MR) is 85.9 cm³/mol. The summed E-state index contributed by atoms with van der Waals surface area (Å²) in [7, 11) is -2.10. The molecule has 120 valence electrons. The van der Waals surface area contributed by atoms with Gasteiger partial charge in [0.25, 0.3) is 0 Å². The zero-order valence-electron chi connectivity index (χ0n) is 12.3. The van der Waals surface area contributed by atoms with Crippen LogP contribution in [-0.2, 0) is 16.6 Å². The van der Waals surface area contributed by atoms with E-state index < -0.39 is 10.0 Å². The highest BCUT2D eigenvalue weighted by Gasteiger charge is 2.13. The molecule has 0 spiro atoms. The molecular weight excluding hydrogens is 318 g/mol. The lowest BCUT2D eigenvalue weighted by Crippen LogP contribution is -2.23. The van der Waals surface area contributed by atoms with Crippen LogP contribution in [0.4, 0.5) is 0 Å². The smallest absolute Gasteiger partial charge is 0.323 e. The van der Waals surface area contributed by atoms with Gasteiger partial charge in [0.05, 0.1) is 23.0 Å². The van der Waals surface area contributed by atoms with Crippen LogP contribution in [0.15, 0.2) is 52.2 Å². The molecule has 0 aliphatic heterocycles. The summed E-state index contributed by atoms with van der Waals surface area (Å²) in [5.41, 5.74) is 1.76. The third-order valence-corrected chi connectivity index (χ3v) is 4.83. The molecule has 8 heteroatoms. The Morgan fingerprint density at radius 2 is 1.74 bits per heavy atom. The second kappa shape index (κ2) is 5.90. The Morgan fingerprint density at radius 3 is 2.43 bits per heavy atom. The maximum Gasteiger partial charge on any atom is 0.323 e. The number of fused-ring (bicyclic) bond motifs is 1. The number of aromatic amines is 2. The van der Waals surface area contributed by atoms with E-state index in [2.05, 4.69) is 14.7 Å². The van der Waals surface area contributed by atoms with Crippen LogP contribution in [0.5, 0.6) is 5.75 Å². The normalized spacial score (nSPS) is 11.7. The summed E-state index contributed by atoms with van der Waals surface area (Å²) in [6, 6.07) is 11.3. The van der Waals surface area contributed by atoms with Crippen LogP contribution in [0.25, 0.3) is 11.0 Å². The summed E-state index contributed by atoms with van der Waals surface area (Å²) in [4.78, 5) is 16.7. The van der Waals surface area contributed by atoms with Gasteiger partial charge in [0.1, 0.15) is 5.75 Å². The molecule has 0 fully saturated rings. The summed E-state index contributed by atoms with van der Waals surface area (Å²) in [5, 5.41) is 0. The highest BCUT2D eigenvalue weighted by atomic mass is 32.2. The van der Waals surface area contributed by atoms with Gasteiger partial charge in [-0.15, -0.1) is 0 Å². The minimum absolute atomic E-state index is 0.123. The van der Waals surface area contributed by atoms with Crippen LogP contribution in [0.1, 0.15) is 5.56 Å². The van der Waals surface area contributed by atoms with Gasteiger partial charge in [-0.2, -0.15) is 0 Å². The lowest BCUT2D eigenvalue weighted by Gasteiger charge is -2.08. The summed E-state index contributed by atoms with van der Waals surface area (Å²) in [6.45, 7) is 0.123. The maximum atomic E-state index is 12.3. The van der Waals surface area contributed by atoms with Crippen molar-refractivity contribution in [3.63, 3.8) is 0 Å². The number of hydrogen-bond donors (Lipinski definition) is 3. The molecule has 1 aromatic heterocycles. The van der Waals surface area contributed by atoms with Crippen molar-refractivity contribution < 1.29 is 13.2 Å². The quantitative estimate of drug-likeness (QED) is 0.655. The first-order valence-corrected chi connectivity index (χ1v) is 8.31. The highest BCUT2D eigenvalue weighted by molar-refractivity contribution is 7.89. The Bertz CT molecular complexity index is 987. The Kier molecular flexibility index (Phi) is 3.93. The predicted octanol–water partition coefficient (Wildman–Crippen LogP) is 1.34. The number of sulfonamides is 1. The van der Waals surface area contributed by atoms with Crippen LogP contribution in [-0.4, -0.2) is 25.5 Å². The molecule has 0 radical (unpaired) electrons. The molecule has 0 saturated heterocycles. The van der Waals surface area contributed by atoms with E-state index in [-0.39, 0.29) is 17.1 Å². The van der Waals surface area contributed by atoms with Gasteiger partial charge >= 0.3 is 5.69 Å². The maximum absolute atomic E-state index is 12.3. The molecule has 0 saturated carbocycles. The highest BCUT2D eigenvalue weighted by Crippen LogP contribution is 2.16. The van der Waals surface area contributed by atoms with Crippen molar-refractivity contribution in [3.8, 4) is 5.75 Å². The van der Waals surface area contributed by atoms with Crippen LogP contribution >= 0.6 is 0 Å². The zero-order valence-corrected chi connectivity index (χ0v) is 13.1. The van der Waals surface area contributed by atoms with Crippen molar-refractivity contribution in [2.45, 2.75) is 11.4 Å². The number of methoxy groups -OCH3 is 1. The van der Waals surface area contributed by atoms with E-state index in [1.165, 1.54) is 19.2 Å². The van der Waals surface area contributed by atoms with Gasteiger partial charge in [-0.25, -0.2) is 17.9 Å². The molecule has 0 bridgehead atoms. The van der Waals surface area contributed by atoms with Crippen LogP contribution < -0.4 is 15.1 Å². The van der Waals surface area contributed by atoms with Gasteiger partial charge < -0.3 is 14.7 Å². The number of rotatable bonds is 5. The fourth-order valence-corrected chi connectivity index (χ4v) is 3.22. The monoisotopic (exact) mass is 333 g/mol. The number of hydrogen-bond acceptors (Lipinski definition) is 4. The second-order valence-electron chi connectivity index (χ2n) is 4.96. The van der Waals surface area contributed by atoms with E-state index in [0.717, 1.165) is 5.56 Å². The molecule has 3 rings (SSSR count). The number of benzene rings is 2. The van der Waals surface area contributed by atoms with Crippen molar-refractivity contribution >= 4 is 21.1 Å². The minimum Gasteiger partial charge on any atom is -0.497 e. The third kappa shape index (κ3) is 3.27. The van der Waals surface area contributed by atoms with E-state index in [1.54, 1.807) is 30.3 Å². The standard InChI is InChI=1S/C15H15N3O4S/c1-22-11-3-5-12(6-4-11)23(20,21)16-9-10-2-7-13-14(8-10)18-15(19)17-13/h2-8,16H,9H2,1H3,(H2,17,18,19). The molecule has 0 unspecified atom stereocenters. The van der Waals surface area contributed by atoms with E-state index >= 15 is 0 Å². The second-order valence-corrected chi connectivity index (χ2v) is 6.73. The first-order chi connectivity index (χ1) is 11.0. The largest absolute Gasteiger partial charge is 0.497 e. The molecule has 3 N–H and O–H groups in total. The van der Waals surface area contributed by atoms with Crippen molar-refractivity contribution in [1.29, 1.82) is 0 Å². The molecule has 2 aromatic carbocycles. The fraction of sp³-hybridized carbons (Fsp3) is 0.133. The van der Waals surface area contributed by atoms with Crippen molar-refractivity contribution in [1.82, 2.24) is 14.7 Å². The van der Waals surface area contributed by atoms with Gasteiger partial charge in [-0.3, -0.25) is 0 Å². The SMILES string of the molecule is COc1ccc(S(=O)(=O)NCc2ccc3[nH]c(=O)[nH]c3c2)cc1. The molecule has 23 heavy (non-hydrogen) atoms. The topological polar surface area (TPSA) is 104 Å². The number of H-pyrrole nitrogens is 2. The first-order valence-electron chi connectivity index (χ1n) is 6.82. The average molecular weight is 333 g/mol. The number of nitrogens with one attached hydrogen (secondary N) is 3. The van der Waals surface area contributed by atoms with Crippen molar-refractivity contribution in [2.24, 2.45) is 0 Å². The Balaban J connectivity index is 1.77. The summed E-state index contributed by atoms with van der Waals surface area (Å²) >= 11 is 0. The minimum atomic E-state index is -3.62. The van der Waals surface area contributed by atoms with Gasteiger partial charge in [0.15, 0.2) is 0 Å². The summed E-state index contributed by atoms with van der Waals surface area (Å²) in [5.74, 6) is 0.589. The van der Waals surface area contributed by atoms with Crippen LogP contribution in [0.2, 0.25) is 0 Å². The Hall–Kier alpha value is -2.58. The van der Waals surface area contributed by atoms with E-state index in [4.69, 9.17) is 4.74 Å². The van der Waals surface area contributed by atoms with E-state index in [9.17, 15) is 13.2 Å². The molecule has 7 nitrogen and oxygen atoms in total. The van der Waals surface area contributed by atoms with E-state index in [0.29, 0.717) is 16.8 Å². The average Bonchev–Trinajstić information content (AvgIpc) is 2.92.